The smallest absolute Gasteiger partial charge is 0.219 e. The number of fused-ring (bicyclic) bond motifs is 1. The van der Waals surface area contributed by atoms with Crippen molar-refractivity contribution in [2.75, 3.05) is 13.1 Å². The first-order valence-electron chi connectivity index (χ1n) is 8.66. The van der Waals surface area contributed by atoms with Gasteiger partial charge in [0.05, 0.1) is 23.3 Å². The molecule has 0 radical (unpaired) electrons. The molecule has 0 bridgehead atoms. The lowest BCUT2D eigenvalue weighted by molar-refractivity contribution is -0.128. The molecule has 136 valence electrons. The number of aromatic nitrogens is 2. The van der Waals surface area contributed by atoms with E-state index in [2.05, 4.69) is 16.0 Å². The Kier molecular flexibility index (Phi) is 4.46. The highest BCUT2D eigenvalue weighted by Gasteiger charge is 2.26. The Morgan fingerprint density at radius 2 is 2.26 bits per heavy atom. The Bertz CT molecular complexity index is 1070. The number of nitrogens with one attached hydrogen (secondary N) is 1. The van der Waals surface area contributed by atoms with Crippen LogP contribution >= 0.6 is 11.6 Å². The number of likely N-dealkylation sites (tertiary alicyclic amines) is 1. The van der Waals surface area contributed by atoms with Crippen LogP contribution in [0, 0.1) is 11.3 Å². The van der Waals surface area contributed by atoms with E-state index in [9.17, 15) is 10.1 Å². The van der Waals surface area contributed by atoms with Gasteiger partial charge in [0.1, 0.15) is 12.2 Å². The number of ether oxygens (including phenoxy) is 1. The van der Waals surface area contributed by atoms with Gasteiger partial charge in [0.15, 0.2) is 10.9 Å². The van der Waals surface area contributed by atoms with Crippen molar-refractivity contribution in [3.05, 3.63) is 47.2 Å². The minimum Gasteiger partial charge on any atom is -0.485 e. The van der Waals surface area contributed by atoms with Crippen LogP contribution in [0.2, 0.25) is 5.15 Å². The molecule has 1 unspecified atom stereocenters. The summed E-state index contributed by atoms with van der Waals surface area (Å²) in [6, 6.07) is 11.4. The van der Waals surface area contributed by atoms with E-state index in [1.54, 1.807) is 24.0 Å². The number of hydrogen-bond donors (Lipinski definition) is 1. The standard InChI is InChI=1S/C20H17ClN4O2/c1-12(26)25-8-7-14(11-25)27-18-6-5-17(24-20(18)21)16-10-23-19-13(9-22)3-2-4-15(16)19/h2-6,10,14,23H,7-8,11H2,1H3. The van der Waals surface area contributed by atoms with Crippen LogP contribution in [0.4, 0.5) is 0 Å². The first-order chi connectivity index (χ1) is 13.1. The van der Waals surface area contributed by atoms with Gasteiger partial charge in [0.2, 0.25) is 5.91 Å². The molecular formula is C20H17ClN4O2. The highest BCUT2D eigenvalue weighted by molar-refractivity contribution is 6.31. The number of nitrogens with zero attached hydrogens (tertiary/aromatic N) is 3. The summed E-state index contributed by atoms with van der Waals surface area (Å²) in [6.45, 7) is 2.82. The summed E-state index contributed by atoms with van der Waals surface area (Å²) in [7, 11) is 0. The fourth-order valence-electron chi connectivity index (χ4n) is 3.41. The van der Waals surface area contributed by atoms with E-state index in [0.717, 1.165) is 22.9 Å². The molecule has 3 aromatic rings. The maximum atomic E-state index is 11.4. The number of aromatic amines is 1. The van der Waals surface area contributed by atoms with Crippen molar-refractivity contribution in [3.63, 3.8) is 0 Å². The molecule has 1 fully saturated rings. The van der Waals surface area contributed by atoms with Gasteiger partial charge in [-0.05, 0) is 18.2 Å². The van der Waals surface area contributed by atoms with Crippen molar-refractivity contribution in [3.8, 4) is 23.1 Å². The monoisotopic (exact) mass is 380 g/mol. The number of para-hydroxylation sites is 1. The van der Waals surface area contributed by atoms with Crippen LogP contribution in [-0.2, 0) is 4.79 Å². The van der Waals surface area contributed by atoms with Crippen molar-refractivity contribution in [1.82, 2.24) is 14.9 Å². The number of hydrogen-bond acceptors (Lipinski definition) is 4. The fraction of sp³-hybridized carbons (Fsp3) is 0.250. The van der Waals surface area contributed by atoms with Gasteiger partial charge in [0, 0.05) is 37.0 Å². The SMILES string of the molecule is CC(=O)N1CCC(Oc2ccc(-c3c[nH]c4c(C#N)cccc34)nc2Cl)C1. The molecule has 27 heavy (non-hydrogen) atoms. The third-order valence-electron chi connectivity index (χ3n) is 4.81. The third-order valence-corrected chi connectivity index (χ3v) is 5.08. The summed E-state index contributed by atoms with van der Waals surface area (Å²) in [5.41, 5.74) is 2.94. The highest BCUT2D eigenvalue weighted by Crippen LogP contribution is 2.33. The zero-order chi connectivity index (χ0) is 19.0. The number of pyridine rings is 1. The van der Waals surface area contributed by atoms with E-state index in [0.29, 0.717) is 30.1 Å². The first-order valence-corrected chi connectivity index (χ1v) is 9.04. The third kappa shape index (κ3) is 3.22. The summed E-state index contributed by atoms with van der Waals surface area (Å²) in [5.74, 6) is 0.560. The minimum atomic E-state index is -0.0784. The molecule has 0 spiro atoms. The van der Waals surface area contributed by atoms with E-state index in [4.69, 9.17) is 16.3 Å². The lowest BCUT2D eigenvalue weighted by atomic mass is 10.1. The molecule has 7 heteroatoms. The number of carbonyl (C=O) groups excluding carboxylic acids is 1. The van der Waals surface area contributed by atoms with Crippen LogP contribution in [0.3, 0.4) is 0 Å². The fourth-order valence-corrected chi connectivity index (χ4v) is 3.61. The normalized spacial score (nSPS) is 16.5. The largest absolute Gasteiger partial charge is 0.485 e. The zero-order valence-corrected chi connectivity index (χ0v) is 15.5. The van der Waals surface area contributed by atoms with Gasteiger partial charge >= 0.3 is 0 Å². The van der Waals surface area contributed by atoms with E-state index in [1.165, 1.54) is 0 Å². The van der Waals surface area contributed by atoms with E-state index >= 15 is 0 Å². The molecule has 1 atom stereocenters. The van der Waals surface area contributed by atoms with Crippen LogP contribution < -0.4 is 4.74 Å². The number of H-pyrrole nitrogens is 1. The highest BCUT2D eigenvalue weighted by atomic mass is 35.5. The molecule has 4 rings (SSSR count). The zero-order valence-electron chi connectivity index (χ0n) is 14.7. The Balaban J connectivity index is 1.60. The molecule has 1 saturated heterocycles. The summed E-state index contributed by atoms with van der Waals surface area (Å²) < 4.78 is 5.94. The molecule has 0 saturated carbocycles. The van der Waals surface area contributed by atoms with Gasteiger partial charge in [-0.2, -0.15) is 5.26 Å². The second-order valence-electron chi connectivity index (χ2n) is 6.52. The summed E-state index contributed by atoms with van der Waals surface area (Å²) in [5, 5.41) is 10.4. The number of halogens is 1. The summed E-state index contributed by atoms with van der Waals surface area (Å²) in [6.07, 6.45) is 2.52. The van der Waals surface area contributed by atoms with E-state index in [1.807, 2.05) is 24.4 Å². The van der Waals surface area contributed by atoms with Crippen molar-refractivity contribution in [1.29, 1.82) is 5.26 Å². The summed E-state index contributed by atoms with van der Waals surface area (Å²) >= 11 is 6.35. The lowest BCUT2D eigenvalue weighted by Gasteiger charge is -2.16. The van der Waals surface area contributed by atoms with Gasteiger partial charge in [-0.3, -0.25) is 4.79 Å². The number of rotatable bonds is 3. The topological polar surface area (TPSA) is 82.0 Å². The second kappa shape index (κ2) is 6.93. The van der Waals surface area contributed by atoms with Crippen molar-refractivity contribution >= 4 is 28.4 Å². The van der Waals surface area contributed by atoms with Gasteiger partial charge < -0.3 is 14.6 Å². The molecule has 1 aliphatic rings. The molecule has 3 heterocycles. The summed E-state index contributed by atoms with van der Waals surface area (Å²) in [4.78, 5) is 20.8. The Hall–Kier alpha value is -3.04. The second-order valence-corrected chi connectivity index (χ2v) is 6.88. The number of amides is 1. The number of carbonyl (C=O) groups is 1. The predicted molar refractivity (Wildman–Crippen MR) is 103 cm³/mol. The van der Waals surface area contributed by atoms with Crippen LogP contribution in [0.25, 0.3) is 22.2 Å². The average Bonchev–Trinajstić information content (AvgIpc) is 3.30. The molecule has 1 amide bonds. The van der Waals surface area contributed by atoms with Gasteiger partial charge in [-0.25, -0.2) is 4.98 Å². The Morgan fingerprint density at radius 3 is 2.96 bits per heavy atom. The van der Waals surface area contributed by atoms with Gasteiger partial charge in [0.25, 0.3) is 0 Å². The van der Waals surface area contributed by atoms with E-state index < -0.39 is 0 Å². The molecule has 1 aromatic carbocycles. The average molecular weight is 381 g/mol. The van der Waals surface area contributed by atoms with Crippen LogP contribution in [0.1, 0.15) is 18.9 Å². The predicted octanol–water partition coefficient (Wildman–Crippen LogP) is 3.75. The minimum absolute atomic E-state index is 0.0525. The molecule has 2 aromatic heterocycles. The molecule has 0 aliphatic carbocycles. The number of benzene rings is 1. The lowest BCUT2D eigenvalue weighted by Crippen LogP contribution is -2.28. The maximum absolute atomic E-state index is 11.4. The Labute approximate surface area is 161 Å². The van der Waals surface area contributed by atoms with Gasteiger partial charge in [-0.15, -0.1) is 0 Å². The van der Waals surface area contributed by atoms with Crippen LogP contribution in [-0.4, -0.2) is 40.0 Å². The van der Waals surface area contributed by atoms with E-state index in [-0.39, 0.29) is 17.2 Å². The van der Waals surface area contributed by atoms with Gasteiger partial charge in [-0.1, -0.05) is 23.7 Å². The Morgan fingerprint density at radius 1 is 1.41 bits per heavy atom. The molecule has 6 nitrogen and oxygen atoms in total. The van der Waals surface area contributed by atoms with Crippen LogP contribution in [0.15, 0.2) is 36.5 Å². The van der Waals surface area contributed by atoms with Crippen LogP contribution in [0.5, 0.6) is 5.75 Å². The quantitative estimate of drug-likeness (QED) is 0.701. The molecule has 1 aliphatic heterocycles. The molecular weight excluding hydrogens is 364 g/mol. The first kappa shape index (κ1) is 17.4. The van der Waals surface area contributed by atoms with Crippen molar-refractivity contribution in [2.24, 2.45) is 0 Å². The molecule has 1 N–H and O–H groups in total. The number of nitriles is 1. The maximum Gasteiger partial charge on any atom is 0.219 e. The van der Waals surface area contributed by atoms with Crippen molar-refractivity contribution in [2.45, 2.75) is 19.4 Å². The van der Waals surface area contributed by atoms with Crippen molar-refractivity contribution < 1.29 is 9.53 Å².